The third kappa shape index (κ3) is 2.76. The predicted molar refractivity (Wildman–Crippen MR) is 66.1 cm³/mol. The van der Waals surface area contributed by atoms with Gasteiger partial charge in [0.2, 0.25) is 0 Å². The van der Waals surface area contributed by atoms with Crippen LogP contribution in [0.3, 0.4) is 0 Å². The van der Waals surface area contributed by atoms with Crippen molar-refractivity contribution in [2.24, 2.45) is 0 Å². The first kappa shape index (κ1) is 10.6. The Labute approximate surface area is 101 Å². The molecule has 0 saturated carbocycles. The zero-order valence-electron chi connectivity index (χ0n) is 8.20. The van der Waals surface area contributed by atoms with Gasteiger partial charge >= 0.3 is 0 Å². The van der Waals surface area contributed by atoms with Gasteiger partial charge < -0.3 is 5.32 Å². The topological polar surface area (TPSA) is 37.8 Å². The molecule has 0 radical (unpaired) electrons. The van der Waals surface area contributed by atoms with Crippen molar-refractivity contribution >= 4 is 32.5 Å². The highest BCUT2D eigenvalue weighted by atomic mass is 79.9. The molecule has 78 valence electrons. The van der Waals surface area contributed by atoms with Crippen LogP contribution in [0.25, 0.3) is 0 Å². The highest BCUT2D eigenvalue weighted by Crippen LogP contribution is 2.18. The summed E-state index contributed by atoms with van der Waals surface area (Å²) in [5, 5.41) is 8.02. The van der Waals surface area contributed by atoms with Crippen molar-refractivity contribution in [1.29, 1.82) is 0 Å². The second-order valence-corrected chi connectivity index (χ2v) is 4.86. The molecule has 1 aromatic heterocycles. The van der Waals surface area contributed by atoms with Crippen molar-refractivity contribution in [1.82, 2.24) is 9.59 Å². The Bertz CT molecular complexity index is 442. The molecular weight excluding hydrogens is 274 g/mol. The van der Waals surface area contributed by atoms with Crippen LogP contribution in [0.4, 0.5) is 5.00 Å². The standard InChI is InChI=1S/C10H10BrN3S/c1-7-2-3-8(4-9(7)11)5-12-10-6-13-14-15-10/h2-4,6,12H,5H2,1H3. The van der Waals surface area contributed by atoms with Crippen LogP contribution in [0.1, 0.15) is 11.1 Å². The number of benzene rings is 1. The smallest absolute Gasteiger partial charge is 0.130 e. The van der Waals surface area contributed by atoms with E-state index in [1.165, 1.54) is 22.7 Å². The minimum atomic E-state index is 0.794. The van der Waals surface area contributed by atoms with Crippen molar-refractivity contribution in [3.8, 4) is 0 Å². The molecule has 1 N–H and O–H groups in total. The van der Waals surface area contributed by atoms with Crippen LogP contribution in [0.15, 0.2) is 28.9 Å². The molecule has 2 rings (SSSR count). The Balaban J connectivity index is 2.02. The minimum Gasteiger partial charge on any atom is -0.370 e. The molecular formula is C10H10BrN3S. The molecule has 0 amide bonds. The molecule has 0 aliphatic rings. The minimum absolute atomic E-state index is 0.794. The number of aryl methyl sites for hydroxylation is 1. The zero-order chi connectivity index (χ0) is 10.7. The molecule has 0 aliphatic heterocycles. The molecule has 15 heavy (non-hydrogen) atoms. The highest BCUT2D eigenvalue weighted by Gasteiger charge is 1.99. The lowest BCUT2D eigenvalue weighted by Crippen LogP contribution is -1.97. The molecule has 1 aromatic carbocycles. The van der Waals surface area contributed by atoms with E-state index in [9.17, 15) is 0 Å². The number of anilines is 1. The van der Waals surface area contributed by atoms with E-state index in [0.717, 1.165) is 16.0 Å². The number of hydrogen-bond acceptors (Lipinski definition) is 4. The maximum Gasteiger partial charge on any atom is 0.130 e. The molecule has 0 fully saturated rings. The number of rotatable bonds is 3. The Hall–Kier alpha value is -0.940. The summed E-state index contributed by atoms with van der Waals surface area (Å²) in [5.41, 5.74) is 2.49. The normalized spacial score (nSPS) is 10.3. The monoisotopic (exact) mass is 283 g/mol. The highest BCUT2D eigenvalue weighted by molar-refractivity contribution is 9.10. The summed E-state index contributed by atoms with van der Waals surface area (Å²) in [6.45, 7) is 2.87. The summed E-state index contributed by atoms with van der Waals surface area (Å²) in [5.74, 6) is 0. The van der Waals surface area contributed by atoms with E-state index in [-0.39, 0.29) is 0 Å². The molecule has 0 bridgehead atoms. The molecule has 1 heterocycles. The Morgan fingerprint density at radius 3 is 3.00 bits per heavy atom. The van der Waals surface area contributed by atoms with Gasteiger partial charge in [-0.25, -0.2) is 0 Å². The molecule has 0 atom stereocenters. The van der Waals surface area contributed by atoms with Gasteiger partial charge in [-0.1, -0.05) is 32.6 Å². The van der Waals surface area contributed by atoms with Crippen molar-refractivity contribution in [3.63, 3.8) is 0 Å². The van der Waals surface area contributed by atoms with Gasteiger partial charge in [-0.05, 0) is 24.1 Å². The van der Waals surface area contributed by atoms with Crippen molar-refractivity contribution in [2.75, 3.05) is 5.32 Å². The second-order valence-electron chi connectivity index (χ2n) is 3.22. The van der Waals surface area contributed by atoms with E-state index in [1.54, 1.807) is 6.20 Å². The molecule has 0 spiro atoms. The van der Waals surface area contributed by atoms with Gasteiger partial charge in [0, 0.05) is 22.5 Å². The average molecular weight is 284 g/mol. The zero-order valence-corrected chi connectivity index (χ0v) is 10.6. The molecule has 0 unspecified atom stereocenters. The molecule has 0 aliphatic carbocycles. The van der Waals surface area contributed by atoms with Gasteiger partial charge in [0.1, 0.15) is 5.00 Å². The van der Waals surface area contributed by atoms with Gasteiger partial charge in [0.05, 0.1) is 6.20 Å². The summed E-state index contributed by atoms with van der Waals surface area (Å²) in [7, 11) is 0. The first-order valence-corrected chi connectivity index (χ1v) is 6.08. The van der Waals surface area contributed by atoms with Crippen LogP contribution in [0.2, 0.25) is 0 Å². The van der Waals surface area contributed by atoms with Crippen LogP contribution in [0.5, 0.6) is 0 Å². The van der Waals surface area contributed by atoms with Crippen LogP contribution in [0, 0.1) is 6.92 Å². The van der Waals surface area contributed by atoms with Gasteiger partial charge in [0.25, 0.3) is 0 Å². The van der Waals surface area contributed by atoms with E-state index in [2.05, 4.69) is 56.0 Å². The Morgan fingerprint density at radius 1 is 1.47 bits per heavy atom. The summed E-state index contributed by atoms with van der Waals surface area (Å²) in [6.07, 6.45) is 1.73. The fourth-order valence-electron chi connectivity index (χ4n) is 1.18. The van der Waals surface area contributed by atoms with Gasteiger partial charge in [-0.3, -0.25) is 0 Å². The predicted octanol–water partition coefficient (Wildman–Crippen LogP) is 3.22. The molecule has 3 nitrogen and oxygen atoms in total. The lowest BCUT2D eigenvalue weighted by atomic mass is 10.1. The Kier molecular flexibility index (Phi) is 3.33. The summed E-state index contributed by atoms with van der Waals surface area (Å²) in [4.78, 5) is 0. The number of halogens is 1. The van der Waals surface area contributed by atoms with Crippen molar-refractivity contribution in [3.05, 3.63) is 40.0 Å². The van der Waals surface area contributed by atoms with Crippen LogP contribution in [-0.4, -0.2) is 9.59 Å². The van der Waals surface area contributed by atoms with Crippen molar-refractivity contribution < 1.29 is 0 Å². The van der Waals surface area contributed by atoms with Crippen molar-refractivity contribution in [2.45, 2.75) is 13.5 Å². The largest absolute Gasteiger partial charge is 0.370 e. The van der Waals surface area contributed by atoms with E-state index in [1.807, 2.05) is 0 Å². The summed E-state index contributed by atoms with van der Waals surface area (Å²) in [6, 6.07) is 6.34. The number of hydrogen-bond donors (Lipinski definition) is 1. The fourth-order valence-corrected chi connectivity index (χ4v) is 2.02. The lowest BCUT2D eigenvalue weighted by Gasteiger charge is -2.04. The Morgan fingerprint density at radius 2 is 2.33 bits per heavy atom. The second kappa shape index (κ2) is 4.72. The van der Waals surface area contributed by atoms with E-state index in [0.29, 0.717) is 0 Å². The summed E-state index contributed by atoms with van der Waals surface area (Å²) < 4.78 is 4.93. The average Bonchev–Trinajstić information content (AvgIpc) is 2.73. The molecule has 2 aromatic rings. The first-order valence-electron chi connectivity index (χ1n) is 4.52. The maximum atomic E-state index is 3.79. The van der Waals surface area contributed by atoms with Gasteiger partial charge in [-0.15, -0.1) is 5.10 Å². The number of nitrogens with zero attached hydrogens (tertiary/aromatic N) is 2. The van der Waals surface area contributed by atoms with Gasteiger partial charge in [-0.2, -0.15) is 0 Å². The third-order valence-electron chi connectivity index (χ3n) is 2.06. The number of aromatic nitrogens is 2. The van der Waals surface area contributed by atoms with Gasteiger partial charge in [0.15, 0.2) is 0 Å². The quantitative estimate of drug-likeness (QED) is 0.940. The maximum absolute atomic E-state index is 3.79. The van der Waals surface area contributed by atoms with Crippen LogP contribution < -0.4 is 5.32 Å². The van der Waals surface area contributed by atoms with Crippen LogP contribution in [-0.2, 0) is 6.54 Å². The first-order chi connectivity index (χ1) is 7.25. The van der Waals surface area contributed by atoms with E-state index >= 15 is 0 Å². The summed E-state index contributed by atoms with van der Waals surface area (Å²) >= 11 is 4.88. The SMILES string of the molecule is Cc1ccc(CNc2cnns2)cc1Br. The van der Waals surface area contributed by atoms with Crippen LogP contribution >= 0.6 is 27.5 Å². The fraction of sp³-hybridized carbons (Fsp3) is 0.200. The van der Waals surface area contributed by atoms with E-state index < -0.39 is 0 Å². The lowest BCUT2D eigenvalue weighted by molar-refractivity contribution is 1.13. The molecule has 5 heteroatoms. The third-order valence-corrected chi connectivity index (χ3v) is 3.54. The molecule has 0 saturated heterocycles. The van der Waals surface area contributed by atoms with E-state index in [4.69, 9.17) is 0 Å². The number of nitrogens with one attached hydrogen (secondary N) is 1.